The summed E-state index contributed by atoms with van der Waals surface area (Å²) in [6, 6.07) is 9.13. The average Bonchev–Trinajstić information content (AvgIpc) is 2.82. The summed E-state index contributed by atoms with van der Waals surface area (Å²) in [6.07, 6.45) is 24.1. The van der Waals surface area contributed by atoms with E-state index < -0.39 is 0 Å². The summed E-state index contributed by atoms with van der Waals surface area (Å²) < 4.78 is 5.94. The van der Waals surface area contributed by atoms with Gasteiger partial charge in [0.05, 0.1) is 6.61 Å². The average molecular weight is 427 g/mol. The van der Waals surface area contributed by atoms with Gasteiger partial charge in [-0.25, -0.2) is 0 Å². The topological polar surface area (TPSA) is 9.23 Å². The van der Waals surface area contributed by atoms with Crippen molar-refractivity contribution in [3.63, 3.8) is 0 Å². The van der Waals surface area contributed by atoms with Gasteiger partial charge in [0.1, 0.15) is 5.75 Å². The number of benzene rings is 1. The third-order valence-corrected chi connectivity index (χ3v) is 8.36. The Morgan fingerprint density at radius 1 is 0.774 bits per heavy atom. The van der Waals surface area contributed by atoms with E-state index in [4.69, 9.17) is 4.74 Å². The van der Waals surface area contributed by atoms with Crippen LogP contribution in [0.3, 0.4) is 0 Å². The van der Waals surface area contributed by atoms with E-state index in [1.165, 1.54) is 115 Å². The van der Waals surface area contributed by atoms with Crippen molar-refractivity contribution < 1.29 is 4.74 Å². The third kappa shape index (κ3) is 8.82. The van der Waals surface area contributed by atoms with Crippen LogP contribution in [0.2, 0.25) is 0 Å². The lowest BCUT2D eigenvalue weighted by Gasteiger charge is -2.33. The van der Waals surface area contributed by atoms with Gasteiger partial charge in [0.15, 0.2) is 0 Å². The number of rotatable bonds is 13. The maximum absolute atomic E-state index is 5.94. The highest BCUT2D eigenvalue weighted by Crippen LogP contribution is 2.39. The molecular weight excluding hydrogens is 376 g/mol. The standard InChI is InChI=1S/C30H50O/c1-3-5-9-23-31-30-21-18-27(19-22-30)24-29(28-11-7-6-8-12-28)20-17-26-15-13-25(10-4-2)14-16-26/h18-19,21-22,25-26,28-29H,3-17,20,23-24H2,1-2H3. The molecule has 3 rings (SSSR count). The quantitative estimate of drug-likeness (QED) is 0.285. The van der Waals surface area contributed by atoms with Crippen LogP contribution in [-0.4, -0.2) is 6.61 Å². The second kappa shape index (κ2) is 14.2. The molecule has 31 heavy (non-hydrogen) atoms. The van der Waals surface area contributed by atoms with E-state index in [9.17, 15) is 0 Å². The molecule has 0 bridgehead atoms. The summed E-state index contributed by atoms with van der Waals surface area (Å²) in [5.74, 6) is 4.97. The van der Waals surface area contributed by atoms with Gasteiger partial charge in [-0.05, 0) is 60.6 Å². The third-order valence-electron chi connectivity index (χ3n) is 8.36. The lowest BCUT2D eigenvalue weighted by molar-refractivity contribution is 0.197. The zero-order chi connectivity index (χ0) is 21.7. The van der Waals surface area contributed by atoms with E-state index in [0.717, 1.165) is 36.0 Å². The monoisotopic (exact) mass is 426 g/mol. The molecule has 0 aromatic heterocycles. The zero-order valence-electron chi connectivity index (χ0n) is 20.8. The molecule has 1 atom stereocenters. The van der Waals surface area contributed by atoms with E-state index >= 15 is 0 Å². The Morgan fingerprint density at radius 2 is 1.45 bits per heavy atom. The Balaban J connectivity index is 1.49. The second-order valence-corrected chi connectivity index (χ2v) is 10.8. The number of ether oxygens (including phenoxy) is 1. The van der Waals surface area contributed by atoms with Gasteiger partial charge in [0.25, 0.3) is 0 Å². The lowest BCUT2D eigenvalue weighted by Crippen LogP contribution is -2.22. The molecule has 2 fully saturated rings. The molecule has 0 radical (unpaired) electrons. The number of hydrogen-bond donors (Lipinski definition) is 0. The molecule has 0 saturated heterocycles. The van der Waals surface area contributed by atoms with E-state index in [-0.39, 0.29) is 0 Å². The molecule has 1 aromatic rings. The van der Waals surface area contributed by atoms with Crippen molar-refractivity contribution >= 4 is 0 Å². The first-order valence-corrected chi connectivity index (χ1v) is 14.0. The van der Waals surface area contributed by atoms with Gasteiger partial charge in [-0.1, -0.05) is 116 Å². The van der Waals surface area contributed by atoms with Crippen molar-refractivity contribution in [1.82, 2.24) is 0 Å². The van der Waals surface area contributed by atoms with Gasteiger partial charge in [0.2, 0.25) is 0 Å². The van der Waals surface area contributed by atoms with Crippen LogP contribution >= 0.6 is 0 Å². The summed E-state index contributed by atoms with van der Waals surface area (Å²) >= 11 is 0. The summed E-state index contributed by atoms with van der Waals surface area (Å²) in [6.45, 7) is 5.46. The highest BCUT2D eigenvalue weighted by molar-refractivity contribution is 5.27. The Kier molecular flexibility index (Phi) is 11.3. The molecule has 1 heteroatoms. The van der Waals surface area contributed by atoms with Crippen LogP contribution in [-0.2, 0) is 6.42 Å². The fourth-order valence-electron chi connectivity index (χ4n) is 6.34. The Labute approximate surface area is 193 Å². The van der Waals surface area contributed by atoms with Gasteiger partial charge < -0.3 is 4.74 Å². The van der Waals surface area contributed by atoms with Crippen LogP contribution < -0.4 is 4.74 Å². The first-order chi connectivity index (χ1) is 15.3. The molecule has 0 N–H and O–H groups in total. The van der Waals surface area contributed by atoms with Crippen LogP contribution in [0.1, 0.15) is 122 Å². The highest BCUT2D eigenvalue weighted by atomic mass is 16.5. The molecule has 2 aliphatic carbocycles. The lowest BCUT2D eigenvalue weighted by atomic mass is 9.72. The fourth-order valence-corrected chi connectivity index (χ4v) is 6.34. The second-order valence-electron chi connectivity index (χ2n) is 10.8. The molecule has 1 nitrogen and oxygen atoms in total. The molecule has 0 amide bonds. The van der Waals surface area contributed by atoms with Crippen molar-refractivity contribution in [2.45, 2.75) is 123 Å². The summed E-state index contributed by atoms with van der Waals surface area (Å²) in [5, 5.41) is 0. The summed E-state index contributed by atoms with van der Waals surface area (Å²) in [5.41, 5.74) is 1.53. The van der Waals surface area contributed by atoms with Crippen molar-refractivity contribution in [2.24, 2.45) is 23.7 Å². The molecule has 1 unspecified atom stereocenters. The van der Waals surface area contributed by atoms with Crippen LogP contribution in [0.4, 0.5) is 0 Å². The Hall–Kier alpha value is -0.980. The molecule has 176 valence electrons. The smallest absolute Gasteiger partial charge is 0.119 e. The van der Waals surface area contributed by atoms with Crippen molar-refractivity contribution in [2.75, 3.05) is 6.61 Å². The fraction of sp³-hybridized carbons (Fsp3) is 0.800. The molecule has 1 aromatic carbocycles. The first-order valence-electron chi connectivity index (χ1n) is 14.0. The largest absolute Gasteiger partial charge is 0.494 e. The minimum Gasteiger partial charge on any atom is -0.494 e. The predicted molar refractivity (Wildman–Crippen MR) is 135 cm³/mol. The van der Waals surface area contributed by atoms with E-state index in [0.29, 0.717) is 0 Å². The number of hydrogen-bond acceptors (Lipinski definition) is 1. The molecular formula is C30H50O. The maximum atomic E-state index is 5.94. The predicted octanol–water partition coefficient (Wildman–Crippen LogP) is 9.38. The van der Waals surface area contributed by atoms with Crippen molar-refractivity contribution in [3.8, 4) is 5.75 Å². The molecule has 2 aliphatic rings. The minimum absolute atomic E-state index is 0.860. The van der Waals surface area contributed by atoms with Gasteiger partial charge in [0, 0.05) is 0 Å². The number of unbranched alkanes of at least 4 members (excludes halogenated alkanes) is 2. The van der Waals surface area contributed by atoms with Crippen molar-refractivity contribution in [1.29, 1.82) is 0 Å². The Bertz CT molecular complexity index is 563. The summed E-state index contributed by atoms with van der Waals surface area (Å²) in [7, 11) is 0. The van der Waals surface area contributed by atoms with Crippen LogP contribution in [0.25, 0.3) is 0 Å². The van der Waals surface area contributed by atoms with Crippen molar-refractivity contribution in [3.05, 3.63) is 29.8 Å². The van der Waals surface area contributed by atoms with Gasteiger partial charge >= 0.3 is 0 Å². The molecule has 2 saturated carbocycles. The molecule has 0 aliphatic heterocycles. The van der Waals surface area contributed by atoms with Crippen LogP contribution in [0, 0.1) is 23.7 Å². The van der Waals surface area contributed by atoms with E-state index in [1.54, 1.807) is 0 Å². The molecule has 0 heterocycles. The highest BCUT2D eigenvalue weighted by Gasteiger charge is 2.26. The Morgan fingerprint density at radius 3 is 2.10 bits per heavy atom. The van der Waals surface area contributed by atoms with E-state index in [1.807, 2.05) is 0 Å². The maximum Gasteiger partial charge on any atom is 0.119 e. The van der Waals surface area contributed by atoms with Crippen LogP contribution in [0.5, 0.6) is 5.75 Å². The molecule has 0 spiro atoms. The van der Waals surface area contributed by atoms with Gasteiger partial charge in [-0.15, -0.1) is 0 Å². The van der Waals surface area contributed by atoms with Gasteiger partial charge in [-0.2, -0.15) is 0 Å². The first kappa shape index (κ1) is 24.7. The summed E-state index contributed by atoms with van der Waals surface area (Å²) in [4.78, 5) is 0. The zero-order valence-corrected chi connectivity index (χ0v) is 20.8. The van der Waals surface area contributed by atoms with Crippen LogP contribution in [0.15, 0.2) is 24.3 Å². The SMILES string of the molecule is CCCCCOc1ccc(CC(CCC2CCC(CCC)CC2)C2CCCCC2)cc1. The normalized spacial score (nSPS) is 23.5. The van der Waals surface area contributed by atoms with Gasteiger partial charge in [-0.3, -0.25) is 0 Å². The minimum atomic E-state index is 0.860. The van der Waals surface area contributed by atoms with E-state index in [2.05, 4.69) is 38.1 Å².